The van der Waals surface area contributed by atoms with Crippen LogP contribution in [0.25, 0.3) is 10.8 Å². The van der Waals surface area contributed by atoms with Crippen LogP contribution in [0.15, 0.2) is 24.4 Å². The fraction of sp³-hybridized carbons (Fsp3) is 0.308. The molecule has 0 amide bonds. The highest BCUT2D eigenvalue weighted by molar-refractivity contribution is 6.37. The molecule has 3 nitrogen and oxygen atoms in total. The topological polar surface area (TPSA) is 50.9 Å². The van der Waals surface area contributed by atoms with Gasteiger partial charge in [-0.3, -0.25) is 0 Å². The molecule has 0 aliphatic heterocycles. The molecule has 90 valence electrons. The van der Waals surface area contributed by atoms with Crippen LogP contribution in [0.1, 0.15) is 13.8 Å². The molecular weight excluding hydrogens is 234 g/mol. The highest BCUT2D eigenvalue weighted by atomic mass is 35.5. The monoisotopic (exact) mass is 249 g/mol. The third-order valence-corrected chi connectivity index (χ3v) is 2.90. The maximum absolute atomic E-state index is 6.21. The smallest absolute Gasteiger partial charge is 0.135 e. The summed E-state index contributed by atoms with van der Waals surface area (Å²) in [6, 6.07) is 5.51. The molecule has 1 heterocycles. The van der Waals surface area contributed by atoms with Gasteiger partial charge < -0.3 is 11.1 Å². The van der Waals surface area contributed by atoms with Gasteiger partial charge in [0.05, 0.1) is 5.02 Å². The van der Waals surface area contributed by atoms with E-state index in [4.69, 9.17) is 17.3 Å². The largest absolute Gasteiger partial charge is 0.398 e. The number of hydrogen-bond acceptors (Lipinski definition) is 3. The third-order valence-electron chi connectivity index (χ3n) is 2.59. The summed E-state index contributed by atoms with van der Waals surface area (Å²) < 4.78 is 0. The number of nitrogens with zero attached hydrogens (tertiary/aromatic N) is 1. The number of nitrogens with two attached hydrogens (primary N) is 1. The minimum atomic E-state index is 0.548. The molecule has 0 bridgehead atoms. The van der Waals surface area contributed by atoms with Crippen molar-refractivity contribution in [3.05, 3.63) is 29.4 Å². The molecule has 4 heteroatoms. The van der Waals surface area contributed by atoms with Gasteiger partial charge in [-0.15, -0.1) is 0 Å². The van der Waals surface area contributed by atoms with Gasteiger partial charge in [-0.05, 0) is 24.1 Å². The highest BCUT2D eigenvalue weighted by Gasteiger charge is 2.08. The highest BCUT2D eigenvalue weighted by Crippen LogP contribution is 2.32. The van der Waals surface area contributed by atoms with Crippen molar-refractivity contribution in [2.45, 2.75) is 13.8 Å². The molecule has 1 aromatic heterocycles. The van der Waals surface area contributed by atoms with Gasteiger partial charge >= 0.3 is 0 Å². The van der Waals surface area contributed by atoms with Crippen LogP contribution in [0.5, 0.6) is 0 Å². The van der Waals surface area contributed by atoms with Crippen LogP contribution in [-0.4, -0.2) is 11.5 Å². The van der Waals surface area contributed by atoms with E-state index in [1.807, 2.05) is 18.2 Å². The Bertz CT molecular complexity index is 537. The summed E-state index contributed by atoms with van der Waals surface area (Å²) in [4.78, 5) is 4.33. The summed E-state index contributed by atoms with van der Waals surface area (Å²) in [5.41, 5.74) is 6.66. The van der Waals surface area contributed by atoms with E-state index in [0.29, 0.717) is 10.9 Å². The first-order chi connectivity index (χ1) is 8.09. The zero-order valence-electron chi connectivity index (χ0n) is 10.00. The van der Waals surface area contributed by atoms with E-state index in [2.05, 4.69) is 24.1 Å². The second-order valence-electron chi connectivity index (χ2n) is 4.49. The third kappa shape index (κ3) is 2.44. The molecule has 0 aliphatic carbocycles. The SMILES string of the molecule is CC(C)CNc1nccc2c(N)ccc(Cl)c12. The Hall–Kier alpha value is -1.48. The summed E-state index contributed by atoms with van der Waals surface area (Å²) in [6.45, 7) is 5.15. The fourth-order valence-corrected chi connectivity index (χ4v) is 1.97. The van der Waals surface area contributed by atoms with E-state index < -0.39 is 0 Å². The zero-order chi connectivity index (χ0) is 12.4. The number of benzene rings is 1. The molecule has 0 unspecified atom stereocenters. The zero-order valence-corrected chi connectivity index (χ0v) is 10.8. The standard InChI is InChI=1S/C13H16ClN3/c1-8(2)7-17-13-12-9(5-6-16-13)11(15)4-3-10(12)14/h3-6,8H,7,15H2,1-2H3,(H,16,17). The average Bonchev–Trinajstić information content (AvgIpc) is 2.31. The van der Waals surface area contributed by atoms with Gasteiger partial charge in [0.15, 0.2) is 0 Å². The van der Waals surface area contributed by atoms with Gasteiger partial charge in [-0.1, -0.05) is 25.4 Å². The molecule has 0 radical (unpaired) electrons. The molecule has 3 N–H and O–H groups in total. The maximum Gasteiger partial charge on any atom is 0.135 e. The minimum Gasteiger partial charge on any atom is -0.398 e. The van der Waals surface area contributed by atoms with Crippen molar-refractivity contribution in [1.82, 2.24) is 4.98 Å². The fourth-order valence-electron chi connectivity index (χ4n) is 1.71. The number of halogens is 1. The summed E-state index contributed by atoms with van der Waals surface area (Å²) in [7, 11) is 0. The Morgan fingerprint density at radius 3 is 2.82 bits per heavy atom. The summed E-state index contributed by atoms with van der Waals surface area (Å²) in [5.74, 6) is 1.35. The second-order valence-corrected chi connectivity index (χ2v) is 4.90. The number of nitrogens with one attached hydrogen (secondary N) is 1. The number of pyridine rings is 1. The van der Waals surface area contributed by atoms with E-state index in [0.717, 1.165) is 28.8 Å². The van der Waals surface area contributed by atoms with E-state index in [-0.39, 0.29) is 0 Å². The lowest BCUT2D eigenvalue weighted by Gasteiger charge is -2.12. The lowest BCUT2D eigenvalue weighted by molar-refractivity contribution is 0.687. The molecule has 1 aromatic carbocycles. The second kappa shape index (κ2) is 4.80. The summed E-state index contributed by atoms with van der Waals surface area (Å²) >= 11 is 6.21. The quantitative estimate of drug-likeness (QED) is 0.818. The van der Waals surface area contributed by atoms with Gasteiger partial charge in [-0.2, -0.15) is 0 Å². The number of nitrogen functional groups attached to an aromatic ring is 1. The lowest BCUT2D eigenvalue weighted by atomic mass is 10.1. The van der Waals surface area contributed by atoms with Crippen molar-refractivity contribution in [3.8, 4) is 0 Å². The molecule has 0 fully saturated rings. The Balaban J connectivity index is 2.52. The van der Waals surface area contributed by atoms with Crippen LogP contribution >= 0.6 is 11.6 Å². The summed E-state index contributed by atoms with van der Waals surface area (Å²) in [6.07, 6.45) is 1.75. The predicted octanol–water partition coefficient (Wildman–Crippen LogP) is 3.54. The molecule has 2 aromatic rings. The van der Waals surface area contributed by atoms with Crippen LogP contribution < -0.4 is 11.1 Å². The van der Waals surface area contributed by atoms with Gasteiger partial charge in [-0.25, -0.2) is 4.98 Å². The van der Waals surface area contributed by atoms with Crippen molar-refractivity contribution >= 4 is 33.9 Å². The van der Waals surface area contributed by atoms with Crippen molar-refractivity contribution in [3.63, 3.8) is 0 Å². The Kier molecular flexibility index (Phi) is 3.38. The molecule has 0 atom stereocenters. The number of hydrogen-bond donors (Lipinski definition) is 2. The number of aromatic nitrogens is 1. The molecule has 17 heavy (non-hydrogen) atoms. The van der Waals surface area contributed by atoms with E-state index in [1.54, 1.807) is 6.20 Å². The van der Waals surface area contributed by atoms with Crippen LogP contribution in [0.3, 0.4) is 0 Å². The Morgan fingerprint density at radius 1 is 1.35 bits per heavy atom. The summed E-state index contributed by atoms with van der Waals surface area (Å²) in [5, 5.41) is 5.82. The first-order valence-electron chi connectivity index (χ1n) is 5.66. The lowest BCUT2D eigenvalue weighted by Crippen LogP contribution is -2.09. The first kappa shape index (κ1) is 12.0. The van der Waals surface area contributed by atoms with Crippen LogP contribution in [-0.2, 0) is 0 Å². The van der Waals surface area contributed by atoms with Crippen molar-refractivity contribution in [2.24, 2.45) is 5.92 Å². The Labute approximate surface area is 106 Å². The predicted molar refractivity (Wildman–Crippen MR) is 74.5 cm³/mol. The van der Waals surface area contributed by atoms with Crippen molar-refractivity contribution in [2.75, 3.05) is 17.6 Å². The first-order valence-corrected chi connectivity index (χ1v) is 6.04. The van der Waals surface area contributed by atoms with Crippen molar-refractivity contribution in [1.29, 1.82) is 0 Å². The number of fused-ring (bicyclic) bond motifs is 1. The van der Waals surface area contributed by atoms with Crippen LogP contribution in [0, 0.1) is 5.92 Å². The Morgan fingerprint density at radius 2 is 2.12 bits per heavy atom. The van der Waals surface area contributed by atoms with E-state index in [1.165, 1.54) is 0 Å². The van der Waals surface area contributed by atoms with Gasteiger partial charge in [0.2, 0.25) is 0 Å². The maximum atomic E-state index is 6.21. The molecule has 2 rings (SSSR count). The van der Waals surface area contributed by atoms with Gasteiger partial charge in [0.1, 0.15) is 5.82 Å². The van der Waals surface area contributed by atoms with Gasteiger partial charge in [0.25, 0.3) is 0 Å². The molecule has 0 saturated carbocycles. The van der Waals surface area contributed by atoms with Crippen molar-refractivity contribution < 1.29 is 0 Å². The van der Waals surface area contributed by atoms with Gasteiger partial charge in [0, 0.05) is 29.2 Å². The number of anilines is 2. The molecule has 0 spiro atoms. The van der Waals surface area contributed by atoms with Crippen LogP contribution in [0.2, 0.25) is 5.02 Å². The van der Waals surface area contributed by atoms with E-state index in [9.17, 15) is 0 Å². The normalized spacial score (nSPS) is 11.1. The van der Waals surface area contributed by atoms with E-state index >= 15 is 0 Å². The van der Waals surface area contributed by atoms with Crippen LogP contribution in [0.4, 0.5) is 11.5 Å². The number of rotatable bonds is 3. The molecular formula is C13H16ClN3. The minimum absolute atomic E-state index is 0.548. The average molecular weight is 250 g/mol. The molecule has 0 aliphatic rings. The molecule has 0 saturated heterocycles.